The third kappa shape index (κ3) is 4.31. The van der Waals surface area contributed by atoms with Crippen LogP contribution in [-0.2, 0) is 22.4 Å². The standard InChI is InChI=1S/C23H26N4O2/c1-16(28)27-14-12-17-7-2-3-8-18(17)21(27)15-23(29)24-13-6-11-22-25-19-9-4-5-10-20(19)26-22/h2-5,7-10,21H,6,11-15H2,1H3,(H,24,29)(H,25,26). The monoisotopic (exact) mass is 390 g/mol. The molecule has 2 amide bonds. The van der Waals surface area contributed by atoms with Gasteiger partial charge in [0.15, 0.2) is 0 Å². The minimum absolute atomic E-state index is 0.0159. The van der Waals surface area contributed by atoms with Crippen molar-refractivity contribution in [3.8, 4) is 0 Å². The Morgan fingerprint density at radius 2 is 1.97 bits per heavy atom. The first-order chi connectivity index (χ1) is 14.1. The highest BCUT2D eigenvalue weighted by Crippen LogP contribution is 2.32. The molecule has 150 valence electrons. The van der Waals surface area contributed by atoms with Gasteiger partial charge >= 0.3 is 0 Å². The van der Waals surface area contributed by atoms with Crippen molar-refractivity contribution < 1.29 is 9.59 Å². The molecule has 29 heavy (non-hydrogen) atoms. The number of imidazole rings is 1. The van der Waals surface area contributed by atoms with E-state index < -0.39 is 0 Å². The first kappa shape index (κ1) is 19.2. The van der Waals surface area contributed by atoms with Crippen LogP contribution >= 0.6 is 0 Å². The highest BCUT2D eigenvalue weighted by molar-refractivity contribution is 5.79. The lowest BCUT2D eigenvalue weighted by atomic mass is 9.90. The van der Waals surface area contributed by atoms with Gasteiger partial charge in [-0.2, -0.15) is 0 Å². The molecule has 2 aromatic carbocycles. The van der Waals surface area contributed by atoms with Crippen LogP contribution in [0.1, 0.15) is 42.8 Å². The molecular formula is C23H26N4O2. The summed E-state index contributed by atoms with van der Waals surface area (Å²) in [4.78, 5) is 34.3. The summed E-state index contributed by atoms with van der Waals surface area (Å²) in [5, 5.41) is 3.01. The zero-order valence-corrected chi connectivity index (χ0v) is 16.6. The van der Waals surface area contributed by atoms with E-state index >= 15 is 0 Å². The van der Waals surface area contributed by atoms with E-state index in [2.05, 4.69) is 21.4 Å². The smallest absolute Gasteiger partial charge is 0.222 e. The topological polar surface area (TPSA) is 78.1 Å². The minimum atomic E-state index is -0.187. The average Bonchev–Trinajstić information content (AvgIpc) is 3.14. The number of carbonyl (C=O) groups is 2. The number of aromatic amines is 1. The molecule has 1 aliphatic heterocycles. The second kappa shape index (κ2) is 8.47. The molecule has 0 saturated heterocycles. The Bertz CT molecular complexity index is 993. The molecule has 1 aliphatic rings. The van der Waals surface area contributed by atoms with Crippen molar-refractivity contribution in [3.05, 3.63) is 65.5 Å². The molecule has 6 nitrogen and oxygen atoms in total. The number of carbonyl (C=O) groups excluding carboxylic acids is 2. The van der Waals surface area contributed by atoms with Crippen LogP contribution in [0.25, 0.3) is 11.0 Å². The number of H-pyrrole nitrogens is 1. The Labute approximate surface area is 170 Å². The summed E-state index contributed by atoms with van der Waals surface area (Å²) < 4.78 is 0. The molecule has 1 atom stereocenters. The number of nitrogens with one attached hydrogen (secondary N) is 2. The number of hydrogen-bond acceptors (Lipinski definition) is 3. The van der Waals surface area contributed by atoms with Crippen LogP contribution in [0.4, 0.5) is 0 Å². The molecular weight excluding hydrogens is 364 g/mol. The fourth-order valence-corrected chi connectivity index (χ4v) is 4.10. The van der Waals surface area contributed by atoms with Gasteiger partial charge in [0, 0.05) is 26.4 Å². The molecule has 0 fully saturated rings. The number of rotatable bonds is 6. The van der Waals surface area contributed by atoms with Crippen molar-refractivity contribution in [2.75, 3.05) is 13.1 Å². The predicted molar refractivity (Wildman–Crippen MR) is 112 cm³/mol. The lowest BCUT2D eigenvalue weighted by Gasteiger charge is -2.36. The van der Waals surface area contributed by atoms with Gasteiger partial charge in [-0.3, -0.25) is 9.59 Å². The number of nitrogens with zero attached hydrogens (tertiary/aromatic N) is 2. The molecule has 0 radical (unpaired) electrons. The van der Waals surface area contributed by atoms with E-state index in [0.29, 0.717) is 19.5 Å². The van der Waals surface area contributed by atoms with Gasteiger partial charge in [0.1, 0.15) is 5.82 Å². The summed E-state index contributed by atoms with van der Waals surface area (Å²) in [7, 11) is 0. The molecule has 2 heterocycles. The fourth-order valence-electron chi connectivity index (χ4n) is 4.10. The first-order valence-corrected chi connectivity index (χ1v) is 10.2. The maximum absolute atomic E-state index is 12.6. The maximum Gasteiger partial charge on any atom is 0.222 e. The third-order valence-electron chi connectivity index (χ3n) is 5.55. The van der Waals surface area contributed by atoms with E-state index in [9.17, 15) is 9.59 Å². The Hall–Kier alpha value is -3.15. The second-order valence-electron chi connectivity index (χ2n) is 7.54. The van der Waals surface area contributed by atoms with Crippen molar-refractivity contribution in [2.45, 2.75) is 38.6 Å². The van der Waals surface area contributed by atoms with Crippen LogP contribution in [0.2, 0.25) is 0 Å². The van der Waals surface area contributed by atoms with Gasteiger partial charge in [0.25, 0.3) is 0 Å². The van der Waals surface area contributed by atoms with Gasteiger partial charge < -0.3 is 15.2 Å². The predicted octanol–water partition coefficient (Wildman–Crippen LogP) is 3.15. The van der Waals surface area contributed by atoms with Gasteiger partial charge in [-0.15, -0.1) is 0 Å². The molecule has 1 aromatic heterocycles. The van der Waals surface area contributed by atoms with Gasteiger partial charge in [0.05, 0.1) is 23.5 Å². The zero-order valence-electron chi connectivity index (χ0n) is 16.6. The molecule has 0 saturated carbocycles. The van der Waals surface area contributed by atoms with Crippen LogP contribution in [-0.4, -0.2) is 39.8 Å². The number of fused-ring (bicyclic) bond motifs is 2. The van der Waals surface area contributed by atoms with Crippen LogP contribution < -0.4 is 5.32 Å². The largest absolute Gasteiger partial charge is 0.356 e. The van der Waals surface area contributed by atoms with Crippen LogP contribution in [0.15, 0.2) is 48.5 Å². The van der Waals surface area contributed by atoms with Crippen molar-refractivity contribution >= 4 is 22.8 Å². The van der Waals surface area contributed by atoms with E-state index in [1.807, 2.05) is 47.4 Å². The summed E-state index contributed by atoms with van der Waals surface area (Å²) in [6, 6.07) is 15.9. The van der Waals surface area contributed by atoms with E-state index in [1.54, 1.807) is 6.92 Å². The molecule has 4 rings (SSSR count). The summed E-state index contributed by atoms with van der Waals surface area (Å²) in [5.74, 6) is 0.925. The summed E-state index contributed by atoms with van der Waals surface area (Å²) in [5.41, 5.74) is 4.32. The molecule has 0 spiro atoms. The molecule has 0 bridgehead atoms. The van der Waals surface area contributed by atoms with E-state index in [-0.39, 0.29) is 17.9 Å². The number of benzene rings is 2. The average molecular weight is 390 g/mol. The molecule has 1 unspecified atom stereocenters. The lowest BCUT2D eigenvalue weighted by Crippen LogP contribution is -2.41. The molecule has 0 aliphatic carbocycles. The Morgan fingerprint density at radius 3 is 2.79 bits per heavy atom. The third-order valence-corrected chi connectivity index (χ3v) is 5.55. The number of aromatic nitrogens is 2. The first-order valence-electron chi connectivity index (χ1n) is 10.2. The van der Waals surface area contributed by atoms with Gasteiger partial charge in [0.2, 0.25) is 11.8 Å². The quantitative estimate of drug-likeness (QED) is 0.635. The lowest BCUT2D eigenvalue weighted by molar-refractivity contribution is -0.133. The minimum Gasteiger partial charge on any atom is -0.356 e. The van der Waals surface area contributed by atoms with Crippen molar-refractivity contribution in [3.63, 3.8) is 0 Å². The highest BCUT2D eigenvalue weighted by atomic mass is 16.2. The number of aryl methyl sites for hydroxylation is 1. The van der Waals surface area contributed by atoms with Gasteiger partial charge in [-0.25, -0.2) is 4.98 Å². The Kier molecular flexibility index (Phi) is 5.60. The van der Waals surface area contributed by atoms with Crippen molar-refractivity contribution in [1.82, 2.24) is 20.2 Å². The number of para-hydroxylation sites is 2. The van der Waals surface area contributed by atoms with Crippen molar-refractivity contribution in [2.24, 2.45) is 0 Å². The van der Waals surface area contributed by atoms with E-state index in [1.165, 1.54) is 5.56 Å². The highest BCUT2D eigenvalue weighted by Gasteiger charge is 2.30. The van der Waals surface area contributed by atoms with Crippen molar-refractivity contribution in [1.29, 1.82) is 0 Å². The molecule has 2 N–H and O–H groups in total. The van der Waals surface area contributed by atoms with Gasteiger partial charge in [-0.05, 0) is 36.1 Å². The van der Waals surface area contributed by atoms with E-state index in [4.69, 9.17) is 0 Å². The van der Waals surface area contributed by atoms with E-state index in [0.717, 1.165) is 41.7 Å². The summed E-state index contributed by atoms with van der Waals surface area (Å²) in [6.07, 6.45) is 2.72. The SMILES string of the molecule is CC(=O)N1CCc2ccccc2C1CC(=O)NCCCc1nc2ccccc2[nH]1. The fraction of sp³-hybridized carbons (Fsp3) is 0.348. The van der Waals surface area contributed by atoms with Crippen LogP contribution in [0.5, 0.6) is 0 Å². The summed E-state index contributed by atoms with van der Waals surface area (Å²) >= 11 is 0. The molecule has 6 heteroatoms. The normalized spacial score (nSPS) is 15.9. The number of hydrogen-bond donors (Lipinski definition) is 2. The van der Waals surface area contributed by atoms with Crippen LogP contribution in [0.3, 0.4) is 0 Å². The maximum atomic E-state index is 12.6. The Morgan fingerprint density at radius 1 is 1.17 bits per heavy atom. The zero-order chi connectivity index (χ0) is 20.2. The summed E-state index contributed by atoms with van der Waals surface area (Å²) in [6.45, 7) is 2.83. The molecule has 3 aromatic rings. The Balaban J connectivity index is 1.32. The van der Waals surface area contributed by atoms with Gasteiger partial charge in [-0.1, -0.05) is 36.4 Å². The second-order valence-corrected chi connectivity index (χ2v) is 7.54. The van der Waals surface area contributed by atoms with Crippen LogP contribution in [0, 0.1) is 0 Å². The number of amides is 2.